The number of hydrogen-bond donors (Lipinski definition) is 3. The number of aliphatic carboxylic acids is 1. The third kappa shape index (κ3) is 5.71. The summed E-state index contributed by atoms with van der Waals surface area (Å²) in [6, 6.07) is 18.8. The van der Waals surface area contributed by atoms with E-state index in [0.29, 0.717) is 0 Å². The maximum Gasteiger partial charge on any atom is 0.303 e. The van der Waals surface area contributed by atoms with Crippen LogP contribution in [0.15, 0.2) is 73.1 Å². The summed E-state index contributed by atoms with van der Waals surface area (Å²) in [5, 5.41) is 14.0. The first-order chi connectivity index (χ1) is 14.5. The van der Waals surface area contributed by atoms with Crippen LogP contribution in [0, 0.1) is 0 Å². The molecular formula is C22H20N4O4. The molecule has 3 rings (SSSR count). The number of nitrogens with zero attached hydrogens (tertiary/aromatic N) is 2. The number of carboxylic acids is 1. The number of carbonyl (C=O) groups is 3. The Kier molecular flexibility index (Phi) is 6.83. The van der Waals surface area contributed by atoms with Gasteiger partial charge in [-0.2, -0.15) is 0 Å². The van der Waals surface area contributed by atoms with E-state index in [-0.39, 0.29) is 36.3 Å². The van der Waals surface area contributed by atoms with Gasteiger partial charge in [0.1, 0.15) is 0 Å². The fraction of sp³-hybridized carbons (Fsp3) is 0.136. The van der Waals surface area contributed by atoms with E-state index in [4.69, 9.17) is 5.11 Å². The number of nitrogens with one attached hydrogen (secondary N) is 2. The summed E-state index contributed by atoms with van der Waals surface area (Å²) in [7, 11) is 0. The first-order valence-electron chi connectivity index (χ1n) is 9.27. The van der Waals surface area contributed by atoms with Crippen LogP contribution in [-0.4, -0.2) is 32.9 Å². The number of carboxylic acid groups (broad SMARTS) is 1. The fourth-order valence-corrected chi connectivity index (χ4v) is 2.78. The molecule has 0 fully saturated rings. The molecular weight excluding hydrogens is 384 g/mol. The van der Waals surface area contributed by atoms with Gasteiger partial charge in [0.2, 0.25) is 11.9 Å². The average molecular weight is 404 g/mol. The third-order valence-electron chi connectivity index (χ3n) is 4.27. The molecule has 1 heterocycles. The summed E-state index contributed by atoms with van der Waals surface area (Å²) in [6.07, 6.45) is 2.15. The number of rotatable bonds is 8. The Bertz CT molecular complexity index is 969. The second-order valence-electron chi connectivity index (χ2n) is 6.47. The van der Waals surface area contributed by atoms with Gasteiger partial charge in [0.25, 0.3) is 5.91 Å². The van der Waals surface area contributed by atoms with E-state index in [1.54, 1.807) is 0 Å². The van der Waals surface area contributed by atoms with E-state index in [1.165, 1.54) is 12.4 Å². The van der Waals surface area contributed by atoms with Crippen molar-refractivity contribution < 1.29 is 19.5 Å². The predicted molar refractivity (Wildman–Crippen MR) is 110 cm³/mol. The Hall–Kier alpha value is -4.07. The van der Waals surface area contributed by atoms with Gasteiger partial charge in [0.15, 0.2) is 0 Å². The lowest BCUT2D eigenvalue weighted by molar-refractivity contribution is -0.138. The minimum absolute atomic E-state index is 0.00427. The van der Waals surface area contributed by atoms with Crippen LogP contribution in [0.2, 0.25) is 0 Å². The first kappa shape index (κ1) is 20.7. The molecule has 8 heteroatoms. The summed E-state index contributed by atoms with van der Waals surface area (Å²) in [5.74, 6) is -1.94. The molecule has 8 nitrogen and oxygen atoms in total. The second kappa shape index (κ2) is 9.92. The van der Waals surface area contributed by atoms with Crippen LogP contribution in [0.3, 0.4) is 0 Å². The van der Waals surface area contributed by atoms with Crippen LogP contribution < -0.4 is 10.6 Å². The Balaban J connectivity index is 1.70. The van der Waals surface area contributed by atoms with E-state index in [1.807, 2.05) is 60.7 Å². The summed E-state index contributed by atoms with van der Waals surface area (Å²) in [4.78, 5) is 42.9. The average Bonchev–Trinajstić information content (AvgIpc) is 2.77. The molecule has 0 spiro atoms. The third-order valence-corrected chi connectivity index (χ3v) is 4.27. The fourth-order valence-electron chi connectivity index (χ4n) is 2.78. The SMILES string of the molecule is O=C(O)CCC(=O)Nc1ncc(C(=O)NC(c2ccccc2)c2ccccc2)cn1. The molecule has 3 N–H and O–H groups in total. The van der Waals surface area contributed by atoms with E-state index in [0.717, 1.165) is 11.1 Å². The largest absolute Gasteiger partial charge is 0.481 e. The molecule has 3 aromatic rings. The van der Waals surface area contributed by atoms with Gasteiger partial charge in [0.05, 0.1) is 18.0 Å². The summed E-state index contributed by atoms with van der Waals surface area (Å²) < 4.78 is 0. The molecule has 0 radical (unpaired) electrons. The second-order valence-corrected chi connectivity index (χ2v) is 6.47. The number of aromatic nitrogens is 2. The van der Waals surface area contributed by atoms with Gasteiger partial charge in [-0.3, -0.25) is 19.7 Å². The molecule has 0 aliphatic rings. The number of anilines is 1. The molecule has 0 aliphatic heterocycles. The van der Waals surface area contributed by atoms with Gasteiger partial charge >= 0.3 is 5.97 Å². The highest BCUT2D eigenvalue weighted by molar-refractivity contribution is 5.94. The highest BCUT2D eigenvalue weighted by Crippen LogP contribution is 2.22. The molecule has 152 valence electrons. The predicted octanol–water partition coefficient (Wildman–Crippen LogP) is 2.80. The smallest absolute Gasteiger partial charge is 0.303 e. The molecule has 30 heavy (non-hydrogen) atoms. The molecule has 2 aromatic carbocycles. The van der Waals surface area contributed by atoms with Crippen molar-refractivity contribution in [2.45, 2.75) is 18.9 Å². The zero-order chi connectivity index (χ0) is 21.3. The van der Waals surface area contributed by atoms with Crippen molar-refractivity contribution in [1.29, 1.82) is 0 Å². The summed E-state index contributed by atoms with van der Waals surface area (Å²) in [5.41, 5.74) is 2.09. The maximum absolute atomic E-state index is 12.8. The number of benzene rings is 2. The van der Waals surface area contributed by atoms with Crippen molar-refractivity contribution in [2.24, 2.45) is 0 Å². The molecule has 0 bridgehead atoms. The monoisotopic (exact) mass is 404 g/mol. The highest BCUT2D eigenvalue weighted by atomic mass is 16.4. The lowest BCUT2D eigenvalue weighted by Crippen LogP contribution is -2.29. The zero-order valence-electron chi connectivity index (χ0n) is 16.0. The Morgan fingerprint density at radius 2 is 1.37 bits per heavy atom. The topological polar surface area (TPSA) is 121 Å². The van der Waals surface area contributed by atoms with Crippen molar-refractivity contribution in [3.8, 4) is 0 Å². The maximum atomic E-state index is 12.8. The van der Waals surface area contributed by atoms with Gasteiger partial charge in [0, 0.05) is 18.8 Å². The van der Waals surface area contributed by atoms with E-state index >= 15 is 0 Å². The van der Waals surface area contributed by atoms with Gasteiger partial charge in [-0.15, -0.1) is 0 Å². The van der Waals surface area contributed by atoms with Crippen LogP contribution in [0.5, 0.6) is 0 Å². The lowest BCUT2D eigenvalue weighted by Gasteiger charge is -2.20. The number of carbonyl (C=O) groups excluding carboxylic acids is 2. The normalized spacial score (nSPS) is 10.4. The van der Waals surface area contributed by atoms with E-state index < -0.39 is 11.9 Å². The van der Waals surface area contributed by atoms with Gasteiger partial charge in [-0.1, -0.05) is 60.7 Å². The van der Waals surface area contributed by atoms with Gasteiger partial charge in [-0.05, 0) is 11.1 Å². The van der Waals surface area contributed by atoms with E-state index in [2.05, 4.69) is 20.6 Å². The minimum atomic E-state index is -1.07. The molecule has 0 saturated carbocycles. The first-order valence-corrected chi connectivity index (χ1v) is 9.27. The Labute approximate surface area is 173 Å². The van der Waals surface area contributed by atoms with Crippen LogP contribution in [0.1, 0.15) is 40.4 Å². The number of hydrogen-bond acceptors (Lipinski definition) is 5. The van der Waals surface area contributed by atoms with Gasteiger partial charge < -0.3 is 10.4 Å². The van der Waals surface area contributed by atoms with Crippen molar-refractivity contribution in [3.05, 3.63) is 89.7 Å². The highest BCUT2D eigenvalue weighted by Gasteiger charge is 2.18. The Morgan fingerprint density at radius 3 is 1.87 bits per heavy atom. The van der Waals surface area contributed by atoms with Crippen molar-refractivity contribution in [3.63, 3.8) is 0 Å². The molecule has 0 unspecified atom stereocenters. The van der Waals surface area contributed by atoms with Crippen molar-refractivity contribution >= 4 is 23.7 Å². The molecule has 2 amide bonds. The standard InChI is InChI=1S/C22H20N4O4/c27-18(11-12-19(28)29)25-22-23-13-17(14-24-22)21(30)26-20(15-7-3-1-4-8-15)16-9-5-2-6-10-16/h1-10,13-14,20H,11-12H2,(H,26,30)(H,28,29)(H,23,24,25,27). The molecule has 0 atom stereocenters. The molecule has 0 aliphatic carbocycles. The lowest BCUT2D eigenvalue weighted by atomic mass is 9.98. The molecule has 0 saturated heterocycles. The minimum Gasteiger partial charge on any atom is -0.481 e. The number of amides is 2. The van der Waals surface area contributed by atoms with E-state index in [9.17, 15) is 14.4 Å². The van der Waals surface area contributed by atoms with Crippen molar-refractivity contribution in [2.75, 3.05) is 5.32 Å². The van der Waals surface area contributed by atoms with Crippen LogP contribution >= 0.6 is 0 Å². The zero-order valence-corrected chi connectivity index (χ0v) is 16.0. The van der Waals surface area contributed by atoms with Gasteiger partial charge in [-0.25, -0.2) is 9.97 Å². The van der Waals surface area contributed by atoms with Crippen molar-refractivity contribution in [1.82, 2.24) is 15.3 Å². The van der Waals surface area contributed by atoms with Crippen LogP contribution in [0.25, 0.3) is 0 Å². The summed E-state index contributed by atoms with van der Waals surface area (Å²) in [6.45, 7) is 0. The quantitative estimate of drug-likeness (QED) is 0.531. The van der Waals surface area contributed by atoms with Crippen LogP contribution in [-0.2, 0) is 9.59 Å². The van der Waals surface area contributed by atoms with Crippen LogP contribution in [0.4, 0.5) is 5.95 Å². The molecule has 1 aromatic heterocycles. The Morgan fingerprint density at radius 1 is 0.833 bits per heavy atom. The summed E-state index contributed by atoms with van der Waals surface area (Å²) >= 11 is 0.